The molecule has 0 aromatic carbocycles. The van der Waals surface area contributed by atoms with Crippen molar-refractivity contribution < 1.29 is 4.79 Å². The van der Waals surface area contributed by atoms with Crippen LogP contribution in [0.3, 0.4) is 0 Å². The maximum Gasteiger partial charge on any atom is 0.228 e. The van der Waals surface area contributed by atoms with E-state index < -0.39 is 0 Å². The van der Waals surface area contributed by atoms with Gasteiger partial charge in [0.25, 0.3) is 0 Å². The lowest BCUT2D eigenvalue weighted by Gasteiger charge is -2.28. The molecule has 2 heterocycles. The zero-order valence-electron chi connectivity index (χ0n) is 11.5. The van der Waals surface area contributed by atoms with Crippen molar-refractivity contribution in [1.29, 1.82) is 0 Å². The number of carbonyl (C=O) groups excluding carboxylic acids is 1. The molecule has 0 fully saturated rings. The number of nitrogens with zero attached hydrogens (tertiary/aromatic N) is 2. The smallest absolute Gasteiger partial charge is 0.228 e. The Kier molecular flexibility index (Phi) is 3.71. The van der Waals surface area contributed by atoms with Gasteiger partial charge in [0.15, 0.2) is 0 Å². The van der Waals surface area contributed by atoms with E-state index in [0.29, 0.717) is 6.54 Å². The number of aromatic amines is 1. The molecule has 1 N–H and O–H groups in total. The van der Waals surface area contributed by atoms with Crippen LogP contribution in [0.1, 0.15) is 38.4 Å². The normalized spacial score (nSPS) is 16.3. The van der Waals surface area contributed by atoms with E-state index in [1.807, 2.05) is 31.9 Å². The molecule has 1 aliphatic rings. The number of thioether (sulfide) groups is 1. The largest absolute Gasteiger partial charge is 0.338 e. The number of aryl methyl sites for hydroxylation is 1. The number of amides is 1. The summed E-state index contributed by atoms with van der Waals surface area (Å²) >= 11 is 1.64. The number of H-pyrrole nitrogens is 1. The Labute approximate surface area is 113 Å². The second-order valence-corrected chi connectivity index (χ2v) is 6.57. The van der Waals surface area contributed by atoms with Crippen molar-refractivity contribution in [2.24, 2.45) is 5.41 Å². The summed E-state index contributed by atoms with van der Waals surface area (Å²) in [6.07, 6.45) is 4.01. The van der Waals surface area contributed by atoms with Crippen molar-refractivity contribution in [2.45, 2.75) is 45.2 Å². The average molecular weight is 267 g/mol. The first-order valence-corrected chi connectivity index (χ1v) is 7.55. The Morgan fingerprint density at radius 1 is 1.44 bits per heavy atom. The highest BCUT2D eigenvalue weighted by atomic mass is 32.2. The zero-order chi connectivity index (χ0) is 13.3. The molecule has 4 nitrogen and oxygen atoms in total. The van der Waals surface area contributed by atoms with Crippen LogP contribution in [0.5, 0.6) is 0 Å². The van der Waals surface area contributed by atoms with E-state index >= 15 is 0 Å². The van der Waals surface area contributed by atoms with Gasteiger partial charge in [-0.3, -0.25) is 9.89 Å². The predicted octanol–water partition coefficient (Wildman–Crippen LogP) is 2.45. The summed E-state index contributed by atoms with van der Waals surface area (Å²) in [4.78, 5) is 14.4. The average Bonchev–Trinajstić information content (AvgIpc) is 2.56. The van der Waals surface area contributed by atoms with E-state index in [4.69, 9.17) is 0 Å². The minimum atomic E-state index is -0.312. The van der Waals surface area contributed by atoms with Gasteiger partial charge >= 0.3 is 0 Å². The Bertz CT molecular complexity index is 448. The van der Waals surface area contributed by atoms with E-state index in [9.17, 15) is 4.79 Å². The lowest BCUT2D eigenvalue weighted by Crippen LogP contribution is -2.39. The summed E-state index contributed by atoms with van der Waals surface area (Å²) in [5, 5.41) is 8.45. The van der Waals surface area contributed by atoms with Gasteiger partial charge in [-0.1, -0.05) is 20.8 Å². The van der Waals surface area contributed by atoms with Crippen molar-refractivity contribution >= 4 is 17.7 Å². The number of rotatable bonds is 1. The Morgan fingerprint density at radius 3 is 2.78 bits per heavy atom. The summed E-state index contributed by atoms with van der Waals surface area (Å²) in [6.45, 7) is 7.47. The Balaban J connectivity index is 2.25. The number of fused-ring (bicyclic) bond motifs is 1. The van der Waals surface area contributed by atoms with Crippen molar-refractivity contribution in [1.82, 2.24) is 15.1 Å². The molecule has 2 rings (SSSR count). The van der Waals surface area contributed by atoms with E-state index in [1.165, 1.54) is 11.3 Å². The van der Waals surface area contributed by atoms with Gasteiger partial charge < -0.3 is 4.90 Å². The molecule has 1 amide bonds. The van der Waals surface area contributed by atoms with Gasteiger partial charge in [-0.2, -0.15) is 5.10 Å². The van der Waals surface area contributed by atoms with Crippen molar-refractivity contribution in [3.05, 3.63) is 11.3 Å². The SMILES string of the molecule is CSc1n[nH]c2c1CN(C(=O)C(C)(C)C)CCC2. The number of carbonyl (C=O) groups is 1. The molecular weight excluding hydrogens is 246 g/mol. The highest BCUT2D eigenvalue weighted by Crippen LogP contribution is 2.28. The van der Waals surface area contributed by atoms with E-state index in [-0.39, 0.29) is 11.3 Å². The molecule has 0 atom stereocenters. The quantitative estimate of drug-likeness (QED) is 0.795. The summed E-state index contributed by atoms with van der Waals surface area (Å²) < 4.78 is 0. The predicted molar refractivity (Wildman–Crippen MR) is 73.6 cm³/mol. The molecule has 0 saturated carbocycles. The monoisotopic (exact) mass is 267 g/mol. The number of nitrogens with one attached hydrogen (secondary N) is 1. The molecule has 0 spiro atoms. The van der Waals surface area contributed by atoms with Gasteiger partial charge in [-0.25, -0.2) is 0 Å². The molecule has 0 unspecified atom stereocenters. The fraction of sp³-hybridized carbons (Fsp3) is 0.692. The summed E-state index contributed by atoms with van der Waals surface area (Å²) in [7, 11) is 0. The van der Waals surface area contributed by atoms with Crippen LogP contribution in [0.4, 0.5) is 0 Å². The fourth-order valence-electron chi connectivity index (χ4n) is 2.29. The summed E-state index contributed by atoms with van der Waals surface area (Å²) in [5.41, 5.74) is 2.09. The highest BCUT2D eigenvalue weighted by molar-refractivity contribution is 7.98. The van der Waals surface area contributed by atoms with E-state index in [1.54, 1.807) is 11.8 Å². The molecule has 1 aromatic rings. The van der Waals surface area contributed by atoms with Gasteiger partial charge in [-0.05, 0) is 19.1 Å². The third-order valence-electron chi connectivity index (χ3n) is 3.24. The standard InChI is InChI=1S/C13H21N3OS/c1-13(2,3)12(17)16-7-5-6-10-9(8-16)11(18-4)15-14-10/h5-8H2,1-4H3,(H,14,15). The number of hydrogen-bond donors (Lipinski definition) is 1. The topological polar surface area (TPSA) is 49.0 Å². The van der Waals surface area contributed by atoms with Gasteiger partial charge in [0.1, 0.15) is 5.03 Å². The third-order valence-corrected chi connectivity index (χ3v) is 3.97. The molecule has 1 aliphatic heterocycles. The van der Waals surface area contributed by atoms with Crippen LogP contribution < -0.4 is 0 Å². The molecule has 100 valence electrons. The Hall–Kier alpha value is -0.970. The molecule has 18 heavy (non-hydrogen) atoms. The third kappa shape index (κ3) is 2.55. The lowest BCUT2D eigenvalue weighted by molar-refractivity contribution is -0.140. The van der Waals surface area contributed by atoms with Crippen LogP contribution >= 0.6 is 11.8 Å². The van der Waals surface area contributed by atoms with Crippen LogP contribution in [0.25, 0.3) is 0 Å². The van der Waals surface area contributed by atoms with E-state index in [2.05, 4.69) is 10.2 Å². The van der Waals surface area contributed by atoms with Crippen LogP contribution in [0.15, 0.2) is 5.03 Å². The molecule has 5 heteroatoms. The first-order valence-electron chi connectivity index (χ1n) is 6.33. The molecule has 1 aromatic heterocycles. The first kappa shape index (κ1) is 13.5. The van der Waals surface area contributed by atoms with Crippen molar-refractivity contribution in [3.63, 3.8) is 0 Å². The van der Waals surface area contributed by atoms with Crippen LogP contribution in [0, 0.1) is 5.41 Å². The maximum absolute atomic E-state index is 12.4. The second kappa shape index (κ2) is 4.96. The zero-order valence-corrected chi connectivity index (χ0v) is 12.4. The molecule has 0 radical (unpaired) electrons. The second-order valence-electron chi connectivity index (χ2n) is 5.77. The number of aromatic nitrogens is 2. The minimum Gasteiger partial charge on any atom is -0.338 e. The maximum atomic E-state index is 12.4. The summed E-state index contributed by atoms with van der Waals surface area (Å²) in [5.74, 6) is 0.226. The minimum absolute atomic E-state index is 0.226. The van der Waals surface area contributed by atoms with Gasteiger partial charge in [0, 0.05) is 23.2 Å². The van der Waals surface area contributed by atoms with Crippen LogP contribution in [0.2, 0.25) is 0 Å². The molecular formula is C13H21N3OS. The number of hydrogen-bond acceptors (Lipinski definition) is 3. The van der Waals surface area contributed by atoms with Gasteiger partial charge in [-0.15, -0.1) is 11.8 Å². The van der Waals surface area contributed by atoms with Crippen molar-refractivity contribution in [2.75, 3.05) is 12.8 Å². The lowest BCUT2D eigenvalue weighted by atomic mass is 9.94. The molecule has 0 saturated heterocycles. The van der Waals surface area contributed by atoms with E-state index in [0.717, 1.165) is 24.4 Å². The van der Waals surface area contributed by atoms with Crippen LogP contribution in [-0.4, -0.2) is 33.8 Å². The fourth-order valence-corrected chi connectivity index (χ4v) is 2.86. The summed E-state index contributed by atoms with van der Waals surface area (Å²) in [6, 6.07) is 0. The molecule has 0 bridgehead atoms. The highest BCUT2D eigenvalue weighted by Gasteiger charge is 2.30. The van der Waals surface area contributed by atoms with Gasteiger partial charge in [0.2, 0.25) is 5.91 Å². The van der Waals surface area contributed by atoms with Crippen LogP contribution in [-0.2, 0) is 17.8 Å². The van der Waals surface area contributed by atoms with Crippen molar-refractivity contribution in [3.8, 4) is 0 Å². The van der Waals surface area contributed by atoms with Gasteiger partial charge in [0.05, 0.1) is 6.54 Å². The first-order chi connectivity index (χ1) is 8.43. The Morgan fingerprint density at radius 2 is 2.17 bits per heavy atom. The molecule has 0 aliphatic carbocycles.